The Kier molecular flexibility index (Phi) is 10.2. The first-order valence-electron chi connectivity index (χ1n) is 8.78. The Morgan fingerprint density at radius 2 is 1.59 bits per heavy atom. The molecule has 0 atom stereocenters. The Morgan fingerprint density at radius 1 is 1.03 bits per heavy atom. The van der Waals surface area contributed by atoms with Crippen LogP contribution in [0.5, 0.6) is 0 Å². The molecule has 2 aromatic rings. The Hall–Kier alpha value is -3.06. The fourth-order valence-electron chi connectivity index (χ4n) is 2.10. The maximum absolute atomic E-state index is 12.8. The second kappa shape index (κ2) is 12.1. The van der Waals surface area contributed by atoms with Gasteiger partial charge in [-0.05, 0) is 35.9 Å². The maximum atomic E-state index is 12.8. The summed E-state index contributed by atoms with van der Waals surface area (Å²) in [4.78, 5) is 30.1. The Morgan fingerprint density at radius 3 is 2.09 bits per heavy atom. The first kappa shape index (κ1) is 27.0. The molecule has 10 nitrogen and oxygen atoms in total. The fraction of sp³-hybridized carbons (Fsp3) is 0.211. The van der Waals surface area contributed by atoms with Crippen molar-refractivity contribution in [3.8, 4) is 0 Å². The minimum atomic E-state index is -3.72. The van der Waals surface area contributed by atoms with Crippen molar-refractivity contribution in [3.63, 3.8) is 0 Å². The number of carbonyl (C=O) groups is 3. The molecule has 0 aliphatic heterocycles. The van der Waals surface area contributed by atoms with Crippen molar-refractivity contribution in [2.75, 3.05) is 26.0 Å². The number of carbonyl (C=O) groups excluding carboxylic acids is 1. The first-order valence-corrected chi connectivity index (χ1v) is 10.6. The second-order valence-electron chi connectivity index (χ2n) is 6.32. The van der Waals surface area contributed by atoms with Crippen molar-refractivity contribution >= 4 is 45.2 Å². The Labute approximate surface area is 188 Å². The van der Waals surface area contributed by atoms with E-state index in [-0.39, 0.29) is 28.2 Å². The molecule has 1 amide bonds. The van der Waals surface area contributed by atoms with Gasteiger partial charge in [0.2, 0.25) is 15.9 Å². The molecule has 0 fully saturated rings. The number of hydrogen-bond acceptors (Lipinski definition) is 6. The van der Waals surface area contributed by atoms with Gasteiger partial charge >= 0.3 is 11.9 Å². The summed E-state index contributed by atoms with van der Waals surface area (Å²) in [6, 6.07) is 10.2. The maximum Gasteiger partial charge on any atom is 0.414 e. The number of amides is 1. The van der Waals surface area contributed by atoms with Crippen LogP contribution in [0, 0.1) is 5.82 Å². The molecular formula is C19H21ClFN3O7S. The van der Waals surface area contributed by atoms with Crippen molar-refractivity contribution in [2.24, 2.45) is 0 Å². The number of halogens is 2. The summed E-state index contributed by atoms with van der Waals surface area (Å²) >= 11 is 5.97. The number of nitrogens with zero attached hydrogens (tertiary/aromatic N) is 1. The SMILES string of the molecule is CN(C)S(=O)(=O)c1cc(NC(=O)CNCc2ccc(F)cc2)ccc1Cl.O=C(O)C(=O)O. The number of benzene rings is 2. The zero-order chi connectivity index (χ0) is 24.5. The van der Waals surface area contributed by atoms with E-state index in [1.165, 1.54) is 44.4 Å². The average molecular weight is 490 g/mol. The summed E-state index contributed by atoms with van der Waals surface area (Å²) in [5.74, 6) is -4.31. The molecule has 174 valence electrons. The molecule has 0 aromatic heterocycles. The molecule has 0 aliphatic carbocycles. The van der Waals surface area contributed by atoms with Crippen LogP contribution in [0.2, 0.25) is 5.02 Å². The van der Waals surface area contributed by atoms with Gasteiger partial charge in [0.05, 0.1) is 11.6 Å². The number of sulfonamides is 1. The lowest BCUT2D eigenvalue weighted by atomic mass is 10.2. The smallest absolute Gasteiger partial charge is 0.414 e. The van der Waals surface area contributed by atoms with Crippen LogP contribution in [0.25, 0.3) is 0 Å². The van der Waals surface area contributed by atoms with Crippen LogP contribution in [0.15, 0.2) is 47.4 Å². The molecule has 2 rings (SSSR count). The minimum absolute atomic E-state index is 0.00969. The molecule has 0 saturated carbocycles. The molecule has 2 aromatic carbocycles. The number of nitrogens with one attached hydrogen (secondary N) is 2. The number of aliphatic carboxylic acids is 2. The van der Waals surface area contributed by atoms with Gasteiger partial charge in [-0.1, -0.05) is 23.7 Å². The summed E-state index contributed by atoms with van der Waals surface area (Å²) in [5.41, 5.74) is 1.16. The Balaban J connectivity index is 0.000000751. The third kappa shape index (κ3) is 8.59. The van der Waals surface area contributed by atoms with Crippen molar-refractivity contribution in [1.82, 2.24) is 9.62 Å². The number of carboxylic acid groups (broad SMARTS) is 2. The van der Waals surface area contributed by atoms with Gasteiger partial charge in [-0.25, -0.2) is 26.7 Å². The van der Waals surface area contributed by atoms with Gasteiger partial charge in [-0.3, -0.25) is 4.79 Å². The first-order chi connectivity index (χ1) is 14.8. The standard InChI is InChI=1S/C17H19ClFN3O3S.C2H2O4/c1-22(2)26(24,25)16-9-14(7-8-15(16)18)21-17(23)11-20-10-12-3-5-13(19)6-4-12;3-1(4)2(5)6/h3-9,20H,10-11H2,1-2H3,(H,21,23);(H,3,4)(H,5,6). The highest BCUT2D eigenvalue weighted by atomic mass is 35.5. The van der Waals surface area contributed by atoms with Gasteiger partial charge in [0.15, 0.2) is 0 Å². The van der Waals surface area contributed by atoms with Gasteiger partial charge in [0, 0.05) is 26.3 Å². The lowest BCUT2D eigenvalue weighted by Gasteiger charge is -2.14. The molecule has 4 N–H and O–H groups in total. The normalized spacial score (nSPS) is 10.8. The monoisotopic (exact) mass is 489 g/mol. The molecule has 0 saturated heterocycles. The van der Waals surface area contributed by atoms with Crippen LogP contribution >= 0.6 is 11.6 Å². The zero-order valence-electron chi connectivity index (χ0n) is 17.0. The summed E-state index contributed by atoms with van der Waals surface area (Å²) in [5, 5.41) is 20.4. The summed E-state index contributed by atoms with van der Waals surface area (Å²) < 4.78 is 38.3. The van der Waals surface area contributed by atoms with Crippen LogP contribution in [0.4, 0.5) is 10.1 Å². The van der Waals surface area contributed by atoms with Crippen LogP contribution in [-0.4, -0.2) is 61.4 Å². The van der Waals surface area contributed by atoms with Crippen LogP contribution in [-0.2, 0) is 31.0 Å². The molecule has 0 aliphatic rings. The van der Waals surface area contributed by atoms with Gasteiger partial charge in [-0.2, -0.15) is 0 Å². The van der Waals surface area contributed by atoms with E-state index < -0.39 is 22.0 Å². The lowest BCUT2D eigenvalue weighted by Crippen LogP contribution is -2.28. The Bertz CT molecular complexity index is 1060. The van der Waals surface area contributed by atoms with Gasteiger partial charge < -0.3 is 20.8 Å². The van der Waals surface area contributed by atoms with Crippen LogP contribution in [0.3, 0.4) is 0 Å². The van der Waals surface area contributed by atoms with E-state index in [4.69, 9.17) is 31.4 Å². The topological polar surface area (TPSA) is 153 Å². The third-order valence-electron chi connectivity index (χ3n) is 3.68. The quantitative estimate of drug-likeness (QED) is 0.428. The molecular weight excluding hydrogens is 469 g/mol. The zero-order valence-corrected chi connectivity index (χ0v) is 18.6. The molecule has 0 heterocycles. The van der Waals surface area contributed by atoms with Crippen molar-refractivity contribution in [1.29, 1.82) is 0 Å². The fourth-order valence-corrected chi connectivity index (χ4v) is 3.50. The predicted molar refractivity (Wildman–Crippen MR) is 114 cm³/mol. The summed E-state index contributed by atoms with van der Waals surface area (Å²) in [6.07, 6.45) is 0. The third-order valence-corrected chi connectivity index (χ3v) is 5.98. The van der Waals surface area contributed by atoms with Gasteiger partial charge in [0.25, 0.3) is 0 Å². The van der Waals surface area contributed by atoms with Crippen LogP contribution < -0.4 is 10.6 Å². The van der Waals surface area contributed by atoms with Crippen molar-refractivity contribution < 1.29 is 37.4 Å². The highest BCUT2D eigenvalue weighted by molar-refractivity contribution is 7.89. The van der Waals surface area contributed by atoms with E-state index in [1.807, 2.05) is 0 Å². The summed E-state index contributed by atoms with van der Waals surface area (Å²) in [7, 11) is -0.920. The van der Waals surface area contributed by atoms with Crippen LogP contribution in [0.1, 0.15) is 5.56 Å². The highest BCUT2D eigenvalue weighted by Gasteiger charge is 2.21. The molecule has 0 bridgehead atoms. The summed E-state index contributed by atoms with van der Waals surface area (Å²) in [6.45, 7) is 0.407. The number of carboxylic acids is 2. The number of hydrogen-bond donors (Lipinski definition) is 4. The van der Waals surface area contributed by atoms with Crippen molar-refractivity contribution in [3.05, 3.63) is 58.9 Å². The van der Waals surface area contributed by atoms with Gasteiger partial charge in [0.1, 0.15) is 10.7 Å². The van der Waals surface area contributed by atoms with Crippen molar-refractivity contribution in [2.45, 2.75) is 11.4 Å². The van der Waals surface area contributed by atoms with E-state index in [9.17, 15) is 17.6 Å². The van der Waals surface area contributed by atoms with E-state index >= 15 is 0 Å². The van der Waals surface area contributed by atoms with E-state index in [1.54, 1.807) is 12.1 Å². The van der Waals surface area contributed by atoms with Gasteiger partial charge in [-0.15, -0.1) is 0 Å². The molecule has 0 unspecified atom stereocenters. The van der Waals surface area contributed by atoms with E-state index in [0.717, 1.165) is 9.87 Å². The van der Waals surface area contributed by atoms with E-state index in [0.29, 0.717) is 12.2 Å². The number of anilines is 1. The minimum Gasteiger partial charge on any atom is -0.473 e. The largest absolute Gasteiger partial charge is 0.473 e. The molecule has 0 spiro atoms. The second-order valence-corrected chi connectivity index (χ2v) is 8.85. The predicted octanol–water partition coefficient (Wildman–Crippen LogP) is 1.61. The average Bonchev–Trinajstić information content (AvgIpc) is 2.71. The lowest BCUT2D eigenvalue weighted by molar-refractivity contribution is -0.159. The highest BCUT2D eigenvalue weighted by Crippen LogP contribution is 2.26. The number of rotatable bonds is 7. The van der Waals surface area contributed by atoms with E-state index in [2.05, 4.69) is 10.6 Å². The molecule has 32 heavy (non-hydrogen) atoms. The molecule has 13 heteroatoms. The molecule has 0 radical (unpaired) electrons.